The summed E-state index contributed by atoms with van der Waals surface area (Å²) in [5.41, 5.74) is 1.12. The molecule has 0 saturated heterocycles. The van der Waals surface area contributed by atoms with Crippen molar-refractivity contribution in [1.82, 2.24) is 4.31 Å². The third-order valence-electron chi connectivity index (χ3n) is 4.20. The van der Waals surface area contributed by atoms with Gasteiger partial charge in [0.25, 0.3) is 0 Å². The fourth-order valence-corrected chi connectivity index (χ4v) is 3.59. The second kappa shape index (κ2) is 8.07. The van der Waals surface area contributed by atoms with Crippen molar-refractivity contribution in [2.75, 3.05) is 37.9 Å². The number of nitrogens with zero attached hydrogens (tertiary/aromatic N) is 1. The van der Waals surface area contributed by atoms with Gasteiger partial charge in [0.2, 0.25) is 15.9 Å². The van der Waals surface area contributed by atoms with E-state index in [1.54, 1.807) is 31.2 Å². The predicted molar refractivity (Wildman–Crippen MR) is 106 cm³/mol. The van der Waals surface area contributed by atoms with E-state index < -0.39 is 16.1 Å². The van der Waals surface area contributed by atoms with Gasteiger partial charge in [0.05, 0.1) is 4.90 Å². The number of fused-ring (bicyclic) bond motifs is 1. The molecule has 0 spiro atoms. The van der Waals surface area contributed by atoms with Crippen LogP contribution in [-0.4, -0.2) is 52.0 Å². The Balaban J connectivity index is 1.68. The maximum atomic E-state index is 12.5. The summed E-state index contributed by atoms with van der Waals surface area (Å²) in [4.78, 5) is 12.6. The lowest BCUT2D eigenvalue weighted by molar-refractivity contribution is -0.116. The fourth-order valence-electron chi connectivity index (χ4n) is 2.64. The van der Waals surface area contributed by atoms with Gasteiger partial charge in [-0.1, -0.05) is 6.07 Å². The lowest BCUT2D eigenvalue weighted by atomic mass is 10.2. The van der Waals surface area contributed by atoms with Crippen LogP contribution in [0.3, 0.4) is 0 Å². The molecule has 9 heteroatoms. The zero-order chi connectivity index (χ0) is 20.3. The first-order valence-electron chi connectivity index (χ1n) is 8.77. The predicted octanol–water partition coefficient (Wildman–Crippen LogP) is 2.15. The topological polar surface area (TPSA) is 97.0 Å². The standard InChI is InChI=1S/C19H23N3O5S/c1-13(20-15-7-8-17-18(12-15)27-10-9-26-17)19(23)21-14-5-4-6-16(11-14)28(24,25)22(2)3/h4-8,11-13,20H,9-10H2,1-3H3,(H,21,23)/t13-/m1/s1. The quantitative estimate of drug-likeness (QED) is 0.764. The van der Waals surface area contributed by atoms with Crippen molar-refractivity contribution in [3.63, 3.8) is 0 Å². The number of nitrogens with one attached hydrogen (secondary N) is 2. The van der Waals surface area contributed by atoms with Gasteiger partial charge in [-0.2, -0.15) is 0 Å². The zero-order valence-electron chi connectivity index (χ0n) is 15.9. The van der Waals surface area contributed by atoms with Crippen LogP contribution in [0.2, 0.25) is 0 Å². The van der Waals surface area contributed by atoms with Crippen LogP contribution in [0.1, 0.15) is 6.92 Å². The molecular formula is C19H23N3O5S. The van der Waals surface area contributed by atoms with Gasteiger partial charge in [0, 0.05) is 31.5 Å². The normalized spacial score (nSPS) is 14.4. The van der Waals surface area contributed by atoms with E-state index in [-0.39, 0.29) is 10.8 Å². The Hall–Kier alpha value is -2.78. The minimum atomic E-state index is -3.57. The van der Waals surface area contributed by atoms with Crippen molar-refractivity contribution >= 4 is 27.3 Å². The Bertz CT molecular complexity index is 975. The highest BCUT2D eigenvalue weighted by Crippen LogP contribution is 2.32. The van der Waals surface area contributed by atoms with Gasteiger partial charge in [-0.3, -0.25) is 4.79 Å². The van der Waals surface area contributed by atoms with E-state index in [9.17, 15) is 13.2 Å². The molecule has 1 amide bonds. The number of sulfonamides is 1. The summed E-state index contributed by atoms with van der Waals surface area (Å²) in [6, 6.07) is 11.0. The Morgan fingerprint density at radius 1 is 1.04 bits per heavy atom. The minimum absolute atomic E-state index is 0.114. The number of carbonyl (C=O) groups excluding carboxylic acids is 1. The number of amides is 1. The number of benzene rings is 2. The number of rotatable bonds is 6. The molecule has 0 fully saturated rings. The van der Waals surface area contributed by atoms with Crippen LogP contribution in [0.15, 0.2) is 47.4 Å². The second-order valence-electron chi connectivity index (χ2n) is 6.53. The molecule has 2 aromatic rings. The molecule has 1 atom stereocenters. The van der Waals surface area contributed by atoms with Crippen molar-refractivity contribution in [2.45, 2.75) is 17.9 Å². The fraction of sp³-hybridized carbons (Fsp3) is 0.316. The molecule has 8 nitrogen and oxygen atoms in total. The van der Waals surface area contributed by atoms with E-state index in [0.717, 1.165) is 9.99 Å². The van der Waals surface area contributed by atoms with Crippen molar-refractivity contribution in [3.8, 4) is 11.5 Å². The minimum Gasteiger partial charge on any atom is -0.486 e. The Morgan fingerprint density at radius 3 is 2.46 bits per heavy atom. The first-order chi connectivity index (χ1) is 13.3. The SMILES string of the molecule is C[C@@H](Nc1ccc2c(c1)OCCO2)C(=O)Nc1cccc(S(=O)(=O)N(C)C)c1. The molecule has 3 rings (SSSR count). The number of anilines is 2. The Morgan fingerprint density at radius 2 is 1.75 bits per heavy atom. The third kappa shape index (κ3) is 4.37. The van der Waals surface area contributed by atoms with Crippen LogP contribution in [0.25, 0.3) is 0 Å². The van der Waals surface area contributed by atoms with Gasteiger partial charge in [0.1, 0.15) is 19.3 Å². The largest absolute Gasteiger partial charge is 0.486 e. The first-order valence-corrected chi connectivity index (χ1v) is 10.2. The Labute approximate surface area is 164 Å². The molecule has 0 aromatic heterocycles. The highest BCUT2D eigenvalue weighted by atomic mass is 32.2. The van der Waals surface area contributed by atoms with Crippen molar-refractivity contribution in [2.24, 2.45) is 0 Å². The van der Waals surface area contributed by atoms with Crippen LogP contribution < -0.4 is 20.1 Å². The van der Waals surface area contributed by atoms with Gasteiger partial charge in [-0.05, 0) is 37.3 Å². The van der Waals surface area contributed by atoms with Gasteiger partial charge >= 0.3 is 0 Å². The summed E-state index contributed by atoms with van der Waals surface area (Å²) in [7, 11) is -0.656. The van der Waals surface area contributed by atoms with Gasteiger partial charge in [-0.15, -0.1) is 0 Å². The van der Waals surface area contributed by atoms with Crippen molar-refractivity contribution < 1.29 is 22.7 Å². The smallest absolute Gasteiger partial charge is 0.246 e. The number of hydrogen-bond acceptors (Lipinski definition) is 6. The van der Waals surface area contributed by atoms with Crippen LogP contribution in [0.5, 0.6) is 11.5 Å². The molecular weight excluding hydrogens is 382 g/mol. The average molecular weight is 405 g/mol. The molecule has 0 bridgehead atoms. The van der Waals surface area contributed by atoms with E-state index in [2.05, 4.69) is 10.6 Å². The van der Waals surface area contributed by atoms with Crippen molar-refractivity contribution in [1.29, 1.82) is 0 Å². The van der Waals surface area contributed by atoms with Gasteiger partial charge < -0.3 is 20.1 Å². The van der Waals surface area contributed by atoms with Crippen LogP contribution in [0, 0.1) is 0 Å². The number of ether oxygens (including phenoxy) is 2. The number of carbonyl (C=O) groups is 1. The molecule has 2 N–H and O–H groups in total. The molecule has 28 heavy (non-hydrogen) atoms. The summed E-state index contributed by atoms with van der Waals surface area (Å²) < 4.78 is 36.6. The highest BCUT2D eigenvalue weighted by molar-refractivity contribution is 7.89. The van der Waals surface area contributed by atoms with E-state index >= 15 is 0 Å². The third-order valence-corrected chi connectivity index (χ3v) is 6.01. The molecule has 150 valence electrons. The molecule has 1 aliphatic heterocycles. The summed E-state index contributed by atoms with van der Waals surface area (Å²) in [6.07, 6.45) is 0. The van der Waals surface area contributed by atoms with Crippen molar-refractivity contribution in [3.05, 3.63) is 42.5 Å². The maximum absolute atomic E-state index is 12.5. The summed E-state index contributed by atoms with van der Waals surface area (Å²) in [5, 5.41) is 5.84. The molecule has 2 aromatic carbocycles. The number of hydrogen-bond donors (Lipinski definition) is 2. The summed E-state index contributed by atoms with van der Waals surface area (Å²) >= 11 is 0. The van der Waals surface area contributed by atoms with Gasteiger partial charge in [0.15, 0.2) is 11.5 Å². The van der Waals surface area contributed by atoms with Crippen LogP contribution >= 0.6 is 0 Å². The first kappa shape index (κ1) is 20.0. The van der Waals surface area contributed by atoms with E-state index in [1.165, 1.54) is 26.2 Å². The second-order valence-corrected chi connectivity index (χ2v) is 8.68. The average Bonchev–Trinajstić information content (AvgIpc) is 2.68. The van der Waals surface area contributed by atoms with Crippen LogP contribution in [-0.2, 0) is 14.8 Å². The molecule has 1 heterocycles. The Kier molecular flexibility index (Phi) is 5.76. The lowest BCUT2D eigenvalue weighted by Crippen LogP contribution is -2.32. The monoisotopic (exact) mass is 405 g/mol. The summed E-state index contributed by atoms with van der Waals surface area (Å²) in [6.45, 7) is 2.71. The summed E-state index contributed by atoms with van der Waals surface area (Å²) in [5.74, 6) is 1.01. The van der Waals surface area contributed by atoms with E-state index in [4.69, 9.17) is 9.47 Å². The molecule has 1 aliphatic rings. The lowest BCUT2D eigenvalue weighted by Gasteiger charge is -2.20. The van der Waals surface area contributed by atoms with E-state index in [0.29, 0.717) is 30.4 Å². The maximum Gasteiger partial charge on any atom is 0.246 e. The van der Waals surface area contributed by atoms with E-state index in [1.807, 2.05) is 6.07 Å². The molecule has 0 aliphatic carbocycles. The molecule has 0 saturated carbocycles. The molecule has 0 radical (unpaired) electrons. The van der Waals surface area contributed by atoms with Crippen LogP contribution in [0.4, 0.5) is 11.4 Å². The van der Waals surface area contributed by atoms with Gasteiger partial charge in [-0.25, -0.2) is 12.7 Å². The highest BCUT2D eigenvalue weighted by Gasteiger charge is 2.19. The zero-order valence-corrected chi connectivity index (χ0v) is 16.7. The molecule has 0 unspecified atom stereocenters.